The molecule has 0 aromatic heterocycles. The maximum Gasteiger partial charge on any atom is 0.306 e. The van der Waals surface area contributed by atoms with Gasteiger partial charge in [-0.25, -0.2) is 0 Å². The molecule has 1 atom stereocenters. The van der Waals surface area contributed by atoms with Crippen LogP contribution < -0.4 is 0 Å². The number of carbonyl (C=O) groups excluding carboxylic acids is 3. The summed E-state index contributed by atoms with van der Waals surface area (Å²) in [5.74, 6) is -0.887. The van der Waals surface area contributed by atoms with E-state index >= 15 is 0 Å². The number of carbonyl (C=O) groups is 3. The van der Waals surface area contributed by atoms with Gasteiger partial charge in [-0.15, -0.1) is 0 Å². The van der Waals surface area contributed by atoms with Gasteiger partial charge in [-0.3, -0.25) is 14.4 Å². The van der Waals surface area contributed by atoms with Crippen molar-refractivity contribution in [2.45, 2.75) is 316 Å². The third-order valence-electron chi connectivity index (χ3n) is 13.4. The summed E-state index contributed by atoms with van der Waals surface area (Å²) in [6.45, 7) is 6.52. The Morgan fingerprint density at radius 3 is 0.889 bits per heavy atom. The minimum Gasteiger partial charge on any atom is -0.462 e. The Kier molecular flexibility index (Phi) is 57.8. The van der Waals surface area contributed by atoms with Gasteiger partial charge in [0.05, 0.1) is 0 Å². The van der Waals surface area contributed by atoms with Gasteiger partial charge >= 0.3 is 17.9 Å². The Morgan fingerprint density at radius 1 is 0.292 bits per heavy atom. The minimum atomic E-state index is -0.785. The first-order valence-corrected chi connectivity index (χ1v) is 30.9. The zero-order chi connectivity index (χ0) is 52.2. The highest BCUT2D eigenvalue weighted by Gasteiger charge is 2.19. The van der Waals surface area contributed by atoms with E-state index in [4.69, 9.17) is 14.2 Å². The standard InChI is InChI=1S/C66H116O6/c1-4-7-10-13-16-19-22-25-28-31-33-36-38-41-44-47-50-53-56-59-65(68)71-62-63(61-70-64(67)58-55-52-49-46-43-40-37-34-30-27-24-21-18-15-12-9-6-3)72-66(69)60-57-54-51-48-45-42-39-35-32-29-26-23-20-17-14-11-8-5-2/h9,12,16,18-19,21,25,27-30,32,63H,4-8,10-11,13-15,17,20,22-24,26,31,33-62H2,1-3H3/b12-9-,19-16-,21-18-,28-25-,30-27-,32-29-. The van der Waals surface area contributed by atoms with E-state index in [2.05, 4.69) is 93.7 Å². The van der Waals surface area contributed by atoms with E-state index in [1.807, 2.05) is 0 Å². The lowest BCUT2D eigenvalue weighted by Crippen LogP contribution is -2.30. The molecule has 0 N–H and O–H groups in total. The topological polar surface area (TPSA) is 78.9 Å². The van der Waals surface area contributed by atoms with Gasteiger partial charge < -0.3 is 14.2 Å². The Balaban J connectivity index is 4.39. The summed E-state index contributed by atoms with van der Waals surface area (Å²) < 4.78 is 16.9. The third kappa shape index (κ3) is 57.7. The molecule has 0 heterocycles. The molecule has 0 aromatic carbocycles. The highest BCUT2D eigenvalue weighted by Crippen LogP contribution is 2.16. The molecule has 0 amide bonds. The van der Waals surface area contributed by atoms with Crippen LogP contribution in [0.4, 0.5) is 0 Å². The molecule has 6 heteroatoms. The van der Waals surface area contributed by atoms with E-state index in [9.17, 15) is 14.4 Å². The number of hydrogen-bond acceptors (Lipinski definition) is 6. The van der Waals surface area contributed by atoms with E-state index < -0.39 is 6.10 Å². The number of ether oxygens (including phenoxy) is 3. The summed E-state index contributed by atoms with van der Waals surface area (Å²) in [7, 11) is 0. The zero-order valence-electron chi connectivity index (χ0n) is 47.7. The van der Waals surface area contributed by atoms with Crippen molar-refractivity contribution in [1.82, 2.24) is 0 Å². The monoisotopic (exact) mass is 1000 g/mol. The highest BCUT2D eigenvalue weighted by atomic mass is 16.6. The molecular weight excluding hydrogens is 889 g/mol. The van der Waals surface area contributed by atoms with Crippen LogP contribution in [-0.4, -0.2) is 37.2 Å². The lowest BCUT2D eigenvalue weighted by molar-refractivity contribution is -0.167. The lowest BCUT2D eigenvalue weighted by atomic mass is 10.1. The van der Waals surface area contributed by atoms with Gasteiger partial charge in [0.25, 0.3) is 0 Å². The van der Waals surface area contributed by atoms with Crippen LogP contribution in [0.5, 0.6) is 0 Å². The van der Waals surface area contributed by atoms with Crippen molar-refractivity contribution in [3.05, 3.63) is 72.9 Å². The van der Waals surface area contributed by atoms with Crippen LogP contribution in [-0.2, 0) is 28.6 Å². The average molecular weight is 1010 g/mol. The number of allylic oxidation sites excluding steroid dienone is 12. The van der Waals surface area contributed by atoms with Crippen LogP contribution in [0, 0.1) is 0 Å². The summed E-state index contributed by atoms with van der Waals surface area (Å²) in [6.07, 6.45) is 77.5. The highest BCUT2D eigenvalue weighted by molar-refractivity contribution is 5.71. The van der Waals surface area contributed by atoms with E-state index in [1.54, 1.807) is 0 Å². The van der Waals surface area contributed by atoms with E-state index in [1.165, 1.54) is 180 Å². The van der Waals surface area contributed by atoms with Gasteiger partial charge in [0.15, 0.2) is 6.10 Å². The molecule has 0 bridgehead atoms. The second kappa shape index (κ2) is 60.4. The van der Waals surface area contributed by atoms with E-state index in [0.29, 0.717) is 19.3 Å². The fourth-order valence-corrected chi connectivity index (χ4v) is 8.78. The summed E-state index contributed by atoms with van der Waals surface area (Å²) in [5, 5.41) is 0. The van der Waals surface area contributed by atoms with Crippen LogP contribution in [0.3, 0.4) is 0 Å². The SMILES string of the molecule is CC/C=C\C/C=C\C/C=C\CCCCCCCCCC(=O)OCC(COC(=O)CCCCCCCCCCC/C=C\C/C=C\CCCCC)OC(=O)CCCCCCCCC/C=C\CCCCCCCCC. The van der Waals surface area contributed by atoms with Crippen molar-refractivity contribution in [3.63, 3.8) is 0 Å². The first-order valence-electron chi connectivity index (χ1n) is 30.9. The van der Waals surface area contributed by atoms with Crippen LogP contribution in [0.15, 0.2) is 72.9 Å². The molecule has 0 aliphatic carbocycles. The van der Waals surface area contributed by atoms with Gasteiger partial charge in [0, 0.05) is 19.3 Å². The van der Waals surface area contributed by atoms with Gasteiger partial charge in [-0.05, 0) is 109 Å². The number of rotatable bonds is 56. The fourth-order valence-electron chi connectivity index (χ4n) is 8.78. The summed E-state index contributed by atoms with van der Waals surface area (Å²) in [6, 6.07) is 0. The molecule has 0 aliphatic heterocycles. The molecule has 0 aliphatic rings. The Labute approximate surface area is 446 Å². The maximum atomic E-state index is 12.9. The molecule has 0 saturated heterocycles. The van der Waals surface area contributed by atoms with Crippen molar-refractivity contribution >= 4 is 17.9 Å². The van der Waals surface area contributed by atoms with Crippen LogP contribution in [0.2, 0.25) is 0 Å². The Hall–Kier alpha value is -3.15. The predicted octanol–water partition coefficient (Wildman–Crippen LogP) is 20.9. The first-order chi connectivity index (χ1) is 35.5. The summed E-state index contributed by atoms with van der Waals surface area (Å²) >= 11 is 0. The molecule has 0 aromatic rings. The lowest BCUT2D eigenvalue weighted by Gasteiger charge is -2.18. The number of hydrogen-bond donors (Lipinski definition) is 0. The largest absolute Gasteiger partial charge is 0.462 e. The summed E-state index contributed by atoms with van der Waals surface area (Å²) in [4.78, 5) is 38.3. The van der Waals surface area contributed by atoms with Crippen molar-refractivity contribution in [3.8, 4) is 0 Å². The minimum absolute atomic E-state index is 0.0814. The molecule has 0 fully saturated rings. The van der Waals surface area contributed by atoms with Crippen LogP contribution in [0.1, 0.15) is 310 Å². The molecular formula is C66H116O6. The van der Waals surface area contributed by atoms with E-state index in [-0.39, 0.29) is 31.1 Å². The smallest absolute Gasteiger partial charge is 0.306 e. The van der Waals surface area contributed by atoms with Crippen molar-refractivity contribution in [2.75, 3.05) is 13.2 Å². The Bertz CT molecular complexity index is 1340. The quantitative estimate of drug-likeness (QED) is 0.0261. The maximum absolute atomic E-state index is 12.9. The van der Waals surface area contributed by atoms with Crippen molar-refractivity contribution in [2.24, 2.45) is 0 Å². The van der Waals surface area contributed by atoms with Gasteiger partial charge in [0.2, 0.25) is 0 Å². The zero-order valence-corrected chi connectivity index (χ0v) is 47.7. The van der Waals surface area contributed by atoms with Gasteiger partial charge in [-0.1, -0.05) is 254 Å². The van der Waals surface area contributed by atoms with Crippen LogP contribution >= 0.6 is 0 Å². The molecule has 72 heavy (non-hydrogen) atoms. The molecule has 0 spiro atoms. The number of esters is 3. The molecule has 0 rings (SSSR count). The van der Waals surface area contributed by atoms with E-state index in [0.717, 1.165) is 89.9 Å². The molecule has 6 nitrogen and oxygen atoms in total. The first kappa shape index (κ1) is 68.8. The molecule has 416 valence electrons. The molecule has 0 saturated carbocycles. The van der Waals surface area contributed by atoms with Crippen molar-refractivity contribution < 1.29 is 28.6 Å². The Morgan fingerprint density at radius 2 is 0.542 bits per heavy atom. The number of unbranched alkanes of at least 4 members (excludes halogenated alkanes) is 33. The third-order valence-corrected chi connectivity index (χ3v) is 13.4. The summed E-state index contributed by atoms with van der Waals surface area (Å²) in [5.41, 5.74) is 0. The second-order valence-corrected chi connectivity index (χ2v) is 20.6. The van der Waals surface area contributed by atoms with Gasteiger partial charge in [0.1, 0.15) is 13.2 Å². The van der Waals surface area contributed by atoms with Gasteiger partial charge in [-0.2, -0.15) is 0 Å². The molecule has 0 radical (unpaired) electrons. The average Bonchev–Trinajstić information content (AvgIpc) is 3.38. The van der Waals surface area contributed by atoms with Crippen molar-refractivity contribution in [1.29, 1.82) is 0 Å². The predicted molar refractivity (Wildman–Crippen MR) is 311 cm³/mol. The molecule has 1 unspecified atom stereocenters. The fraction of sp³-hybridized carbons (Fsp3) is 0.773. The normalized spacial score (nSPS) is 12.5. The second-order valence-electron chi connectivity index (χ2n) is 20.6. The van der Waals surface area contributed by atoms with Crippen LogP contribution in [0.25, 0.3) is 0 Å².